The predicted octanol–water partition coefficient (Wildman–Crippen LogP) is 5.91. The van der Waals surface area contributed by atoms with E-state index in [2.05, 4.69) is 50.7 Å². The summed E-state index contributed by atoms with van der Waals surface area (Å²) in [4.78, 5) is 14.5. The third-order valence-corrected chi connectivity index (χ3v) is 4.18. The van der Waals surface area contributed by atoms with Gasteiger partial charge >= 0.3 is 0 Å². The molecule has 0 unspecified atom stereocenters. The lowest BCUT2D eigenvalue weighted by atomic mass is 10.2. The summed E-state index contributed by atoms with van der Waals surface area (Å²) >= 11 is 7.02. The molecule has 0 spiro atoms. The lowest BCUT2D eigenvalue weighted by molar-refractivity contribution is -0.384. The Balaban J connectivity index is 2.16. The molecule has 0 heterocycles. The highest BCUT2D eigenvalue weighted by atomic mass is 79.9. The summed E-state index contributed by atoms with van der Waals surface area (Å²) in [6, 6.07) is 9.91. The summed E-state index contributed by atoms with van der Waals surface area (Å²) in [6.07, 6.45) is 1.70. The van der Waals surface area contributed by atoms with E-state index in [1.807, 2.05) is 12.1 Å². The molecule has 0 aliphatic rings. The van der Waals surface area contributed by atoms with Gasteiger partial charge in [0.1, 0.15) is 5.75 Å². The molecule has 7 heteroatoms. The number of rotatable bonds is 6. The molecule has 0 saturated carbocycles. The van der Waals surface area contributed by atoms with Gasteiger partial charge in [0.2, 0.25) is 0 Å². The fourth-order valence-corrected chi connectivity index (χ4v) is 3.30. The maximum Gasteiger partial charge on any atom is 0.269 e. The van der Waals surface area contributed by atoms with Crippen LogP contribution in [0.2, 0.25) is 0 Å². The van der Waals surface area contributed by atoms with Crippen molar-refractivity contribution in [2.45, 2.75) is 13.8 Å². The molecule has 0 aliphatic carbocycles. The molecule has 126 valence electrons. The highest BCUT2D eigenvalue weighted by molar-refractivity contribution is 9.11. The van der Waals surface area contributed by atoms with Gasteiger partial charge in [-0.05, 0) is 67.6 Å². The maximum absolute atomic E-state index is 10.6. The molecule has 2 aromatic carbocycles. The lowest BCUT2D eigenvalue weighted by Crippen LogP contribution is -2.05. The second-order valence-corrected chi connectivity index (χ2v) is 7.26. The van der Waals surface area contributed by atoms with Gasteiger partial charge in [-0.1, -0.05) is 13.8 Å². The Morgan fingerprint density at radius 1 is 1.21 bits per heavy atom. The van der Waals surface area contributed by atoms with Gasteiger partial charge in [-0.3, -0.25) is 15.1 Å². The normalized spacial score (nSPS) is 11.2. The van der Waals surface area contributed by atoms with Crippen molar-refractivity contribution in [1.29, 1.82) is 0 Å². The molecule has 2 rings (SSSR count). The minimum Gasteiger partial charge on any atom is -0.491 e. The third kappa shape index (κ3) is 5.14. The average molecular weight is 456 g/mol. The van der Waals surface area contributed by atoms with Gasteiger partial charge in [0, 0.05) is 18.3 Å². The first-order chi connectivity index (χ1) is 11.4. The van der Waals surface area contributed by atoms with E-state index in [1.165, 1.54) is 12.1 Å². The minimum atomic E-state index is -0.433. The number of halogens is 2. The van der Waals surface area contributed by atoms with Gasteiger partial charge in [-0.25, -0.2) is 0 Å². The minimum absolute atomic E-state index is 0.0473. The molecular weight excluding hydrogens is 440 g/mol. The molecule has 24 heavy (non-hydrogen) atoms. The van der Waals surface area contributed by atoms with Crippen molar-refractivity contribution in [3.8, 4) is 5.75 Å². The topological polar surface area (TPSA) is 64.7 Å². The smallest absolute Gasteiger partial charge is 0.269 e. The number of aliphatic imine (C=N–C) groups is 1. The molecule has 0 fully saturated rings. The Morgan fingerprint density at radius 3 is 2.29 bits per heavy atom. The van der Waals surface area contributed by atoms with Crippen LogP contribution in [0.1, 0.15) is 19.4 Å². The van der Waals surface area contributed by atoms with Crippen LogP contribution in [-0.2, 0) is 0 Å². The maximum atomic E-state index is 10.6. The molecule has 0 amide bonds. The van der Waals surface area contributed by atoms with E-state index >= 15 is 0 Å². The van der Waals surface area contributed by atoms with Crippen LogP contribution < -0.4 is 4.74 Å². The number of nitro benzene ring substituents is 1. The summed E-state index contributed by atoms with van der Waals surface area (Å²) < 4.78 is 7.45. The Kier molecular flexibility index (Phi) is 6.51. The number of non-ortho nitro benzene ring substituents is 1. The molecule has 0 saturated heterocycles. The van der Waals surface area contributed by atoms with E-state index in [4.69, 9.17) is 4.74 Å². The standard InChI is InChI=1S/C17H16Br2N2O3/c1-11(2)10-24-17-15(18)7-12(8-16(17)19)9-20-13-3-5-14(6-4-13)21(22)23/h3-9,11H,10H2,1-2H3. The number of benzene rings is 2. The predicted molar refractivity (Wildman–Crippen MR) is 103 cm³/mol. The van der Waals surface area contributed by atoms with Crippen molar-refractivity contribution in [1.82, 2.24) is 0 Å². The molecule has 5 nitrogen and oxygen atoms in total. The lowest BCUT2D eigenvalue weighted by Gasteiger charge is -2.12. The van der Waals surface area contributed by atoms with Crippen molar-refractivity contribution in [3.63, 3.8) is 0 Å². The summed E-state index contributed by atoms with van der Waals surface area (Å²) in [7, 11) is 0. The zero-order chi connectivity index (χ0) is 17.7. The average Bonchev–Trinajstić information content (AvgIpc) is 2.52. The molecular formula is C17H16Br2N2O3. The van der Waals surface area contributed by atoms with Crippen molar-refractivity contribution >= 4 is 49.4 Å². The summed E-state index contributed by atoms with van der Waals surface area (Å²) in [5.41, 5.74) is 1.57. The zero-order valence-electron chi connectivity index (χ0n) is 13.2. The Bertz CT molecular complexity index is 736. The van der Waals surface area contributed by atoms with Crippen LogP contribution in [0, 0.1) is 16.0 Å². The van der Waals surface area contributed by atoms with E-state index in [1.54, 1.807) is 18.3 Å². The van der Waals surface area contributed by atoms with Crippen LogP contribution in [0.25, 0.3) is 0 Å². The van der Waals surface area contributed by atoms with E-state index in [9.17, 15) is 10.1 Å². The first-order valence-electron chi connectivity index (χ1n) is 7.27. The van der Waals surface area contributed by atoms with E-state index in [-0.39, 0.29) is 5.69 Å². The molecule has 2 aromatic rings. The van der Waals surface area contributed by atoms with Crippen LogP contribution in [0.3, 0.4) is 0 Å². The van der Waals surface area contributed by atoms with Crippen LogP contribution >= 0.6 is 31.9 Å². The molecule has 0 N–H and O–H groups in total. The van der Waals surface area contributed by atoms with Gasteiger partial charge in [-0.15, -0.1) is 0 Å². The first-order valence-corrected chi connectivity index (χ1v) is 8.86. The summed E-state index contributed by atoms with van der Waals surface area (Å²) in [5.74, 6) is 1.20. The number of nitro groups is 1. The number of hydrogen-bond acceptors (Lipinski definition) is 4. The van der Waals surface area contributed by atoms with E-state index in [0.717, 1.165) is 20.3 Å². The van der Waals surface area contributed by atoms with Crippen LogP contribution in [0.4, 0.5) is 11.4 Å². The van der Waals surface area contributed by atoms with E-state index in [0.29, 0.717) is 18.2 Å². The van der Waals surface area contributed by atoms with Gasteiger partial charge in [0.25, 0.3) is 5.69 Å². The Hall–Kier alpha value is -1.73. The summed E-state index contributed by atoms with van der Waals surface area (Å²) in [5, 5.41) is 10.6. The Morgan fingerprint density at radius 2 is 1.79 bits per heavy atom. The van der Waals surface area contributed by atoms with Gasteiger partial charge in [0.15, 0.2) is 0 Å². The molecule has 0 bridgehead atoms. The van der Waals surface area contributed by atoms with Crippen LogP contribution in [0.15, 0.2) is 50.3 Å². The fraction of sp³-hybridized carbons (Fsp3) is 0.235. The Labute approximate surface area is 157 Å². The van der Waals surface area contributed by atoms with Crippen molar-refractivity contribution in [3.05, 3.63) is 61.0 Å². The SMILES string of the molecule is CC(C)COc1c(Br)cc(C=Nc2ccc([N+](=O)[O-])cc2)cc1Br. The van der Waals surface area contributed by atoms with Crippen LogP contribution in [0.5, 0.6) is 5.75 Å². The van der Waals surface area contributed by atoms with Gasteiger partial charge < -0.3 is 4.74 Å². The second-order valence-electron chi connectivity index (χ2n) is 5.55. The van der Waals surface area contributed by atoms with Crippen molar-refractivity contribution < 1.29 is 9.66 Å². The summed E-state index contributed by atoms with van der Waals surface area (Å²) in [6.45, 7) is 4.81. The monoisotopic (exact) mass is 454 g/mol. The van der Waals surface area contributed by atoms with Crippen molar-refractivity contribution in [2.75, 3.05) is 6.61 Å². The molecule has 0 radical (unpaired) electrons. The molecule has 0 aliphatic heterocycles. The quantitative estimate of drug-likeness (QED) is 0.309. The highest BCUT2D eigenvalue weighted by Crippen LogP contribution is 2.34. The molecule has 0 aromatic heterocycles. The molecule has 0 atom stereocenters. The van der Waals surface area contributed by atoms with Crippen LogP contribution in [-0.4, -0.2) is 17.7 Å². The highest BCUT2D eigenvalue weighted by Gasteiger charge is 2.09. The first kappa shape index (κ1) is 18.6. The van der Waals surface area contributed by atoms with Gasteiger partial charge in [0.05, 0.1) is 26.2 Å². The fourth-order valence-electron chi connectivity index (χ4n) is 1.85. The van der Waals surface area contributed by atoms with Crippen molar-refractivity contribution in [2.24, 2.45) is 10.9 Å². The number of nitrogens with zero attached hydrogens (tertiary/aromatic N) is 2. The second kappa shape index (κ2) is 8.39. The largest absolute Gasteiger partial charge is 0.491 e. The number of ether oxygens (including phenoxy) is 1. The van der Waals surface area contributed by atoms with E-state index < -0.39 is 4.92 Å². The third-order valence-electron chi connectivity index (χ3n) is 3.00. The van der Waals surface area contributed by atoms with Gasteiger partial charge in [-0.2, -0.15) is 0 Å². The zero-order valence-corrected chi connectivity index (χ0v) is 16.4. The number of hydrogen-bond donors (Lipinski definition) is 0.